The van der Waals surface area contributed by atoms with Crippen molar-refractivity contribution in [2.75, 3.05) is 13.4 Å². The van der Waals surface area contributed by atoms with Gasteiger partial charge in [-0.25, -0.2) is 4.39 Å². The zero-order valence-electron chi connectivity index (χ0n) is 20.1. The minimum absolute atomic E-state index is 0.107. The largest absolute Gasteiger partial charge is 0.494 e. The molecule has 0 saturated heterocycles. The van der Waals surface area contributed by atoms with E-state index in [2.05, 4.69) is 0 Å². The minimum atomic E-state index is -1.03. The molecule has 2 aromatic carbocycles. The van der Waals surface area contributed by atoms with Crippen molar-refractivity contribution in [3.8, 4) is 17.2 Å². The first-order valence-corrected chi connectivity index (χ1v) is 12.5. The summed E-state index contributed by atoms with van der Waals surface area (Å²) in [6, 6.07) is 12.4. The van der Waals surface area contributed by atoms with Crippen LogP contribution in [0.4, 0.5) is 4.39 Å². The molecule has 2 aromatic rings. The van der Waals surface area contributed by atoms with E-state index in [4.69, 9.17) is 18.9 Å². The van der Waals surface area contributed by atoms with E-state index in [0.29, 0.717) is 36.5 Å². The van der Waals surface area contributed by atoms with Gasteiger partial charge >= 0.3 is 0 Å². The summed E-state index contributed by atoms with van der Waals surface area (Å²) in [6.45, 7) is 3.05. The maximum absolute atomic E-state index is 14.3. The number of alkyl halides is 1. The third-order valence-electron chi connectivity index (χ3n) is 7.34. The van der Waals surface area contributed by atoms with Gasteiger partial charge in [-0.15, -0.1) is 0 Å². The summed E-state index contributed by atoms with van der Waals surface area (Å²) < 4.78 is 37.0. The lowest BCUT2D eigenvalue weighted by Crippen LogP contribution is -2.42. The molecule has 4 aliphatic rings. The maximum Gasteiger partial charge on any atom is 0.290 e. The fraction of sp³-hybridized carbons (Fsp3) is 0.429. The number of carbonyl (C=O) groups is 2. The molecule has 3 heterocycles. The van der Waals surface area contributed by atoms with E-state index in [1.165, 1.54) is 0 Å². The average molecular weight is 494 g/mol. The van der Waals surface area contributed by atoms with E-state index in [9.17, 15) is 14.0 Å². The Balaban J connectivity index is 1.37. The third kappa shape index (κ3) is 3.88. The lowest BCUT2D eigenvalue weighted by Gasteiger charge is -2.36. The molecular formula is C28H28FNO6. The van der Waals surface area contributed by atoms with Crippen LogP contribution in [0, 0.1) is 5.92 Å². The van der Waals surface area contributed by atoms with Crippen LogP contribution in [0.15, 0.2) is 53.8 Å². The van der Waals surface area contributed by atoms with Crippen molar-refractivity contribution in [3.63, 3.8) is 0 Å². The standard InChI is InChI=1S/C28H28FNO6/c1-2-11-33-19-7-4-17(5-8-19)25-24-26(31)20-13-18(29)6-10-21(20)36-27(24)28(32)30(25)14-16-3-9-22-23(12-16)35-15-34-22/h3-5,7-9,12,18,20-21,25H,2,6,10-11,13-15H2,1H3. The van der Waals surface area contributed by atoms with Crippen LogP contribution in [0.3, 0.4) is 0 Å². The second-order valence-electron chi connectivity index (χ2n) is 9.72. The summed E-state index contributed by atoms with van der Waals surface area (Å²) in [5.74, 6) is 1.04. The summed E-state index contributed by atoms with van der Waals surface area (Å²) in [6.07, 6.45) is 0.307. The Labute approximate surface area is 208 Å². The van der Waals surface area contributed by atoms with E-state index >= 15 is 0 Å². The number of hydrogen-bond donors (Lipinski definition) is 0. The van der Waals surface area contributed by atoms with Crippen LogP contribution in [0.5, 0.6) is 17.2 Å². The van der Waals surface area contributed by atoms with Crippen LogP contribution < -0.4 is 14.2 Å². The number of carbonyl (C=O) groups excluding carboxylic acids is 2. The van der Waals surface area contributed by atoms with Crippen molar-refractivity contribution in [1.29, 1.82) is 0 Å². The number of ketones is 1. The summed E-state index contributed by atoms with van der Waals surface area (Å²) in [5, 5.41) is 0. The zero-order valence-corrected chi connectivity index (χ0v) is 20.1. The zero-order chi connectivity index (χ0) is 24.8. The van der Waals surface area contributed by atoms with Crippen LogP contribution in [-0.2, 0) is 20.9 Å². The molecule has 1 saturated carbocycles. The molecular weight excluding hydrogens is 465 g/mol. The van der Waals surface area contributed by atoms with Crippen LogP contribution in [0.1, 0.15) is 49.8 Å². The quantitative estimate of drug-likeness (QED) is 0.583. The molecule has 0 aromatic heterocycles. The van der Waals surface area contributed by atoms with E-state index in [1.54, 1.807) is 4.90 Å². The van der Waals surface area contributed by atoms with Gasteiger partial charge in [0, 0.05) is 6.54 Å². The predicted molar refractivity (Wildman–Crippen MR) is 127 cm³/mol. The second kappa shape index (κ2) is 9.15. The first-order valence-electron chi connectivity index (χ1n) is 12.5. The number of amides is 1. The summed E-state index contributed by atoms with van der Waals surface area (Å²) >= 11 is 0. The van der Waals surface area contributed by atoms with Gasteiger partial charge in [0.05, 0.1) is 24.1 Å². The Bertz CT molecular complexity index is 1230. The predicted octanol–water partition coefficient (Wildman–Crippen LogP) is 4.65. The highest BCUT2D eigenvalue weighted by Crippen LogP contribution is 2.48. The molecule has 0 N–H and O–H groups in total. The normalized spacial score (nSPS) is 26.6. The third-order valence-corrected chi connectivity index (χ3v) is 7.34. The second-order valence-corrected chi connectivity index (χ2v) is 9.72. The molecule has 8 heteroatoms. The molecule has 36 heavy (non-hydrogen) atoms. The van der Waals surface area contributed by atoms with Gasteiger partial charge in [-0.1, -0.05) is 25.1 Å². The first-order chi connectivity index (χ1) is 17.5. The molecule has 7 nitrogen and oxygen atoms in total. The Morgan fingerprint density at radius 1 is 1.06 bits per heavy atom. The molecule has 4 unspecified atom stereocenters. The Morgan fingerprint density at radius 2 is 1.86 bits per heavy atom. The van der Waals surface area contributed by atoms with Gasteiger partial charge in [-0.2, -0.15) is 0 Å². The van der Waals surface area contributed by atoms with Gasteiger partial charge in [-0.05, 0) is 61.1 Å². The molecule has 6 rings (SSSR count). The summed E-state index contributed by atoms with van der Waals surface area (Å²) in [7, 11) is 0. The Kier molecular flexibility index (Phi) is 5.82. The van der Waals surface area contributed by atoms with Crippen molar-refractivity contribution >= 4 is 11.7 Å². The Hall–Kier alpha value is -3.55. The molecule has 1 amide bonds. The van der Waals surface area contributed by atoms with E-state index in [0.717, 1.165) is 23.3 Å². The molecule has 0 bridgehead atoms. The van der Waals surface area contributed by atoms with Crippen molar-refractivity contribution < 1.29 is 32.9 Å². The van der Waals surface area contributed by atoms with Crippen LogP contribution >= 0.6 is 0 Å². The SMILES string of the molecule is CCCOc1ccc(C2C3=C(OC4CCC(F)CC4C3=O)C(=O)N2Cc2ccc3c(c2)OCO3)cc1. The lowest BCUT2D eigenvalue weighted by atomic mass is 9.77. The van der Waals surface area contributed by atoms with Gasteiger partial charge < -0.3 is 23.8 Å². The highest BCUT2D eigenvalue weighted by Gasteiger charge is 2.52. The summed E-state index contributed by atoms with van der Waals surface area (Å²) in [4.78, 5) is 29.1. The number of hydrogen-bond acceptors (Lipinski definition) is 6. The van der Waals surface area contributed by atoms with Crippen molar-refractivity contribution in [2.24, 2.45) is 5.92 Å². The number of ether oxygens (including phenoxy) is 4. The topological polar surface area (TPSA) is 74.3 Å². The van der Waals surface area contributed by atoms with Crippen LogP contribution in [-0.4, -0.2) is 42.3 Å². The smallest absolute Gasteiger partial charge is 0.290 e. The molecule has 0 radical (unpaired) electrons. The van der Waals surface area contributed by atoms with E-state index in [-0.39, 0.29) is 37.2 Å². The van der Waals surface area contributed by atoms with Gasteiger partial charge in [-0.3, -0.25) is 9.59 Å². The molecule has 1 fully saturated rings. The van der Waals surface area contributed by atoms with Crippen LogP contribution in [0.25, 0.3) is 0 Å². The lowest BCUT2D eigenvalue weighted by molar-refractivity contribution is -0.136. The first kappa shape index (κ1) is 22.9. The van der Waals surface area contributed by atoms with Crippen molar-refractivity contribution in [3.05, 3.63) is 64.9 Å². The number of rotatable bonds is 6. The molecule has 3 aliphatic heterocycles. The molecule has 0 spiro atoms. The fourth-order valence-corrected chi connectivity index (χ4v) is 5.57. The van der Waals surface area contributed by atoms with Gasteiger partial charge in [0.1, 0.15) is 18.0 Å². The van der Waals surface area contributed by atoms with Crippen molar-refractivity contribution in [1.82, 2.24) is 4.90 Å². The van der Waals surface area contributed by atoms with E-state index in [1.807, 2.05) is 49.4 Å². The Morgan fingerprint density at radius 3 is 2.67 bits per heavy atom. The maximum atomic E-state index is 14.3. The number of halogens is 1. The molecule has 188 valence electrons. The van der Waals surface area contributed by atoms with E-state index < -0.39 is 24.2 Å². The van der Waals surface area contributed by atoms with Crippen LogP contribution in [0.2, 0.25) is 0 Å². The van der Waals surface area contributed by atoms with Gasteiger partial charge in [0.25, 0.3) is 5.91 Å². The van der Waals surface area contributed by atoms with Gasteiger partial charge in [0.15, 0.2) is 23.0 Å². The van der Waals surface area contributed by atoms with Crippen molar-refractivity contribution in [2.45, 2.75) is 57.5 Å². The fourth-order valence-electron chi connectivity index (χ4n) is 5.57. The highest BCUT2D eigenvalue weighted by atomic mass is 19.1. The number of fused-ring (bicyclic) bond motifs is 2. The summed E-state index contributed by atoms with van der Waals surface area (Å²) in [5.41, 5.74) is 1.95. The molecule has 4 atom stereocenters. The highest BCUT2D eigenvalue weighted by molar-refractivity contribution is 6.11. The number of benzene rings is 2. The molecule has 1 aliphatic carbocycles. The monoisotopic (exact) mass is 493 g/mol. The average Bonchev–Trinajstić information content (AvgIpc) is 3.46. The minimum Gasteiger partial charge on any atom is -0.494 e. The number of Topliss-reactive ketones (excluding diaryl/α,β-unsaturated/α-hetero) is 1. The number of nitrogens with zero attached hydrogens (tertiary/aromatic N) is 1. The van der Waals surface area contributed by atoms with Gasteiger partial charge in [0.2, 0.25) is 6.79 Å².